The number of benzene rings is 1. The topological polar surface area (TPSA) is 55.4 Å². The van der Waals surface area contributed by atoms with Gasteiger partial charge in [0, 0.05) is 24.8 Å². The van der Waals surface area contributed by atoms with E-state index in [0.717, 1.165) is 51.0 Å². The van der Waals surface area contributed by atoms with E-state index in [1.54, 1.807) is 0 Å². The van der Waals surface area contributed by atoms with Crippen molar-refractivity contribution in [2.75, 3.05) is 19.4 Å². The molecule has 1 N–H and O–H groups in total. The maximum atomic E-state index is 12.0. The Morgan fingerprint density at radius 1 is 1.18 bits per heavy atom. The molecule has 2 aliphatic rings. The first-order chi connectivity index (χ1) is 10.6. The Bertz CT molecular complexity index is 614. The van der Waals surface area contributed by atoms with Gasteiger partial charge in [-0.3, -0.25) is 0 Å². The summed E-state index contributed by atoms with van der Waals surface area (Å²) in [5, 5.41) is 3.33. The summed E-state index contributed by atoms with van der Waals surface area (Å²) in [6, 6.07) is 8.27. The summed E-state index contributed by atoms with van der Waals surface area (Å²) in [5.41, 5.74) is 1.24. The van der Waals surface area contributed by atoms with Gasteiger partial charge < -0.3 is 10.1 Å². The van der Waals surface area contributed by atoms with Gasteiger partial charge in [0.25, 0.3) is 0 Å². The van der Waals surface area contributed by atoms with Gasteiger partial charge in [-0.05, 0) is 30.9 Å². The standard InChI is InChI=1S/C17H25NO3S/c1-22(19,20)17-9-5-3-7-15(17)18-12-13-10-11-21-16-8-4-2-6-14(13)16/h2,4,6,8,13,15,17-18H,3,5,7,9-12H2,1H3. The first-order valence-corrected chi connectivity index (χ1v) is 10.1. The fourth-order valence-corrected chi connectivity index (χ4v) is 5.19. The predicted octanol–water partition coefficient (Wildman–Crippen LogP) is 2.50. The number of rotatable bonds is 4. The summed E-state index contributed by atoms with van der Waals surface area (Å²) in [7, 11) is -2.98. The molecular formula is C17H25NO3S. The molecule has 0 spiro atoms. The van der Waals surface area contributed by atoms with E-state index in [9.17, 15) is 8.42 Å². The lowest BCUT2D eigenvalue weighted by Gasteiger charge is -2.33. The summed E-state index contributed by atoms with van der Waals surface area (Å²) in [4.78, 5) is 0. The predicted molar refractivity (Wildman–Crippen MR) is 88.2 cm³/mol. The average Bonchev–Trinajstić information content (AvgIpc) is 2.52. The maximum absolute atomic E-state index is 12.0. The molecule has 1 aromatic rings. The van der Waals surface area contributed by atoms with Crippen LogP contribution in [-0.4, -0.2) is 39.1 Å². The van der Waals surface area contributed by atoms with E-state index in [1.165, 1.54) is 11.8 Å². The summed E-state index contributed by atoms with van der Waals surface area (Å²) < 4.78 is 29.7. The molecule has 3 rings (SSSR count). The molecule has 1 aliphatic heterocycles. The molecule has 1 aliphatic carbocycles. The van der Waals surface area contributed by atoms with Crippen molar-refractivity contribution in [3.63, 3.8) is 0 Å². The molecule has 0 aromatic heterocycles. The van der Waals surface area contributed by atoms with Crippen LogP contribution in [0.4, 0.5) is 0 Å². The Labute approximate surface area is 133 Å². The minimum atomic E-state index is -2.98. The zero-order valence-corrected chi connectivity index (χ0v) is 13.9. The van der Waals surface area contributed by atoms with Gasteiger partial charge >= 0.3 is 0 Å². The van der Waals surface area contributed by atoms with Crippen molar-refractivity contribution >= 4 is 9.84 Å². The van der Waals surface area contributed by atoms with Crippen molar-refractivity contribution in [1.82, 2.24) is 5.32 Å². The van der Waals surface area contributed by atoms with E-state index < -0.39 is 9.84 Å². The Kier molecular flexibility index (Phi) is 4.73. The molecule has 1 heterocycles. The maximum Gasteiger partial charge on any atom is 0.151 e. The van der Waals surface area contributed by atoms with Gasteiger partial charge in [0.1, 0.15) is 5.75 Å². The number of ether oxygens (including phenoxy) is 1. The largest absolute Gasteiger partial charge is 0.493 e. The molecule has 22 heavy (non-hydrogen) atoms. The first kappa shape index (κ1) is 15.8. The third-order valence-electron chi connectivity index (χ3n) is 4.96. The van der Waals surface area contributed by atoms with E-state index in [2.05, 4.69) is 11.4 Å². The van der Waals surface area contributed by atoms with Gasteiger partial charge in [-0.2, -0.15) is 0 Å². The van der Waals surface area contributed by atoms with E-state index in [1.807, 2.05) is 18.2 Å². The van der Waals surface area contributed by atoms with Crippen LogP contribution in [0.3, 0.4) is 0 Å². The second-order valence-corrected chi connectivity index (χ2v) is 8.80. The minimum absolute atomic E-state index is 0.0961. The van der Waals surface area contributed by atoms with E-state index in [-0.39, 0.29) is 11.3 Å². The van der Waals surface area contributed by atoms with Crippen LogP contribution in [0.5, 0.6) is 5.75 Å². The molecule has 3 unspecified atom stereocenters. The fourth-order valence-electron chi connectivity index (χ4n) is 3.76. The Hall–Kier alpha value is -1.07. The number of nitrogens with one attached hydrogen (secondary N) is 1. The summed E-state index contributed by atoms with van der Waals surface area (Å²) >= 11 is 0. The Morgan fingerprint density at radius 2 is 1.95 bits per heavy atom. The number of fused-ring (bicyclic) bond motifs is 1. The number of hydrogen-bond acceptors (Lipinski definition) is 4. The molecule has 1 saturated carbocycles. The van der Waals surface area contributed by atoms with Gasteiger partial charge in [-0.15, -0.1) is 0 Å². The van der Waals surface area contributed by atoms with Crippen LogP contribution in [0.15, 0.2) is 24.3 Å². The second kappa shape index (κ2) is 6.59. The van der Waals surface area contributed by atoms with Crippen LogP contribution < -0.4 is 10.1 Å². The van der Waals surface area contributed by atoms with Crippen molar-refractivity contribution in [2.45, 2.75) is 49.3 Å². The monoisotopic (exact) mass is 323 g/mol. The van der Waals surface area contributed by atoms with Crippen LogP contribution in [-0.2, 0) is 9.84 Å². The van der Waals surface area contributed by atoms with Crippen molar-refractivity contribution in [3.05, 3.63) is 29.8 Å². The molecular weight excluding hydrogens is 298 g/mol. The Morgan fingerprint density at radius 3 is 2.77 bits per heavy atom. The lowest BCUT2D eigenvalue weighted by atomic mass is 9.91. The summed E-state index contributed by atoms with van der Waals surface area (Å²) in [5.74, 6) is 1.39. The van der Waals surface area contributed by atoms with Crippen molar-refractivity contribution in [3.8, 4) is 5.75 Å². The van der Waals surface area contributed by atoms with Crippen molar-refractivity contribution < 1.29 is 13.2 Å². The van der Waals surface area contributed by atoms with E-state index >= 15 is 0 Å². The highest BCUT2D eigenvalue weighted by Crippen LogP contribution is 2.33. The zero-order chi connectivity index (χ0) is 15.6. The van der Waals surface area contributed by atoms with Gasteiger partial charge in [0.15, 0.2) is 9.84 Å². The highest BCUT2D eigenvalue weighted by atomic mass is 32.2. The van der Waals surface area contributed by atoms with Crippen molar-refractivity contribution in [1.29, 1.82) is 0 Å². The van der Waals surface area contributed by atoms with Crippen LogP contribution in [0.1, 0.15) is 43.6 Å². The zero-order valence-electron chi connectivity index (χ0n) is 13.1. The lowest BCUT2D eigenvalue weighted by molar-refractivity contribution is 0.258. The molecule has 1 aromatic carbocycles. The smallest absolute Gasteiger partial charge is 0.151 e. The van der Waals surface area contributed by atoms with Gasteiger partial charge in [-0.1, -0.05) is 31.0 Å². The molecule has 5 heteroatoms. The molecule has 1 fully saturated rings. The molecule has 0 saturated heterocycles. The molecule has 4 nitrogen and oxygen atoms in total. The normalized spacial score (nSPS) is 28.7. The third kappa shape index (κ3) is 3.46. The quantitative estimate of drug-likeness (QED) is 0.925. The van der Waals surface area contributed by atoms with Crippen LogP contribution in [0.25, 0.3) is 0 Å². The molecule has 0 bridgehead atoms. The SMILES string of the molecule is CS(=O)(=O)C1CCCCC1NCC1CCOc2ccccc21. The van der Waals surface area contributed by atoms with E-state index in [0.29, 0.717) is 5.92 Å². The number of para-hydroxylation sites is 1. The third-order valence-corrected chi connectivity index (χ3v) is 6.63. The highest BCUT2D eigenvalue weighted by Gasteiger charge is 2.33. The van der Waals surface area contributed by atoms with Crippen LogP contribution >= 0.6 is 0 Å². The lowest BCUT2D eigenvalue weighted by Crippen LogP contribution is -2.47. The Balaban J connectivity index is 1.67. The van der Waals surface area contributed by atoms with E-state index in [4.69, 9.17) is 4.74 Å². The average molecular weight is 323 g/mol. The summed E-state index contributed by atoms with van der Waals surface area (Å²) in [6.07, 6.45) is 6.26. The minimum Gasteiger partial charge on any atom is -0.493 e. The fraction of sp³-hybridized carbons (Fsp3) is 0.647. The molecule has 3 atom stereocenters. The molecule has 122 valence electrons. The number of hydrogen-bond donors (Lipinski definition) is 1. The van der Waals surface area contributed by atoms with Crippen LogP contribution in [0, 0.1) is 0 Å². The number of sulfone groups is 1. The van der Waals surface area contributed by atoms with Gasteiger partial charge in [0.05, 0.1) is 11.9 Å². The van der Waals surface area contributed by atoms with Gasteiger partial charge in [0.2, 0.25) is 0 Å². The van der Waals surface area contributed by atoms with Crippen molar-refractivity contribution in [2.24, 2.45) is 0 Å². The van der Waals surface area contributed by atoms with Crippen LogP contribution in [0.2, 0.25) is 0 Å². The molecule has 0 amide bonds. The summed E-state index contributed by atoms with van der Waals surface area (Å²) in [6.45, 7) is 1.57. The molecule has 0 radical (unpaired) electrons. The first-order valence-electron chi connectivity index (χ1n) is 8.19. The second-order valence-electron chi connectivity index (χ2n) is 6.54. The van der Waals surface area contributed by atoms with Gasteiger partial charge in [-0.25, -0.2) is 8.42 Å². The highest BCUT2D eigenvalue weighted by molar-refractivity contribution is 7.91.